The van der Waals surface area contributed by atoms with Crippen molar-refractivity contribution in [3.05, 3.63) is 65.5 Å². The van der Waals surface area contributed by atoms with Crippen molar-refractivity contribution in [2.45, 2.75) is 24.2 Å². The third-order valence-electron chi connectivity index (χ3n) is 4.32. The van der Waals surface area contributed by atoms with E-state index < -0.39 is 0 Å². The number of nitrogens with zero attached hydrogens (tertiary/aromatic N) is 3. The predicted octanol–water partition coefficient (Wildman–Crippen LogP) is 5.04. The molecule has 2 aromatic carbocycles. The van der Waals surface area contributed by atoms with E-state index >= 15 is 0 Å². The first-order valence-corrected chi connectivity index (χ1v) is 10.5. The maximum Gasteiger partial charge on any atom is 0.233 e. The minimum atomic E-state index is -0.285. The van der Waals surface area contributed by atoms with Crippen LogP contribution in [0.2, 0.25) is 0 Å². The second kappa shape index (κ2) is 9.16. The van der Waals surface area contributed by atoms with Gasteiger partial charge in [0.25, 0.3) is 0 Å². The molecular weight excluding hydrogens is 395 g/mol. The van der Waals surface area contributed by atoms with Crippen LogP contribution in [0.1, 0.15) is 24.1 Å². The first kappa shape index (κ1) is 20.3. The molecule has 0 aliphatic carbocycles. The Bertz CT molecular complexity index is 945. The summed E-state index contributed by atoms with van der Waals surface area (Å²) in [7, 11) is 1.75. The SMILES string of the molecule is Cc1cccc(Nc2nnc(SCC(=O)N(C)[C@@H](C)c3ccc(F)cc3)s2)c1. The van der Waals surface area contributed by atoms with Crippen LogP contribution in [0.3, 0.4) is 0 Å². The molecule has 8 heteroatoms. The van der Waals surface area contributed by atoms with E-state index in [2.05, 4.69) is 15.5 Å². The summed E-state index contributed by atoms with van der Waals surface area (Å²) in [6, 6.07) is 14.1. The third kappa shape index (κ3) is 5.30. The molecule has 28 heavy (non-hydrogen) atoms. The molecule has 3 rings (SSSR count). The Labute approximate surface area is 172 Å². The number of carbonyl (C=O) groups is 1. The lowest BCUT2D eigenvalue weighted by atomic mass is 10.1. The van der Waals surface area contributed by atoms with Gasteiger partial charge in [-0.05, 0) is 49.2 Å². The van der Waals surface area contributed by atoms with Gasteiger partial charge in [-0.2, -0.15) is 0 Å². The predicted molar refractivity (Wildman–Crippen MR) is 113 cm³/mol. The minimum Gasteiger partial charge on any atom is -0.338 e. The van der Waals surface area contributed by atoms with Crippen LogP contribution in [-0.2, 0) is 4.79 Å². The topological polar surface area (TPSA) is 58.1 Å². The van der Waals surface area contributed by atoms with Crippen molar-refractivity contribution in [1.82, 2.24) is 15.1 Å². The summed E-state index contributed by atoms with van der Waals surface area (Å²) < 4.78 is 13.8. The molecular formula is C20H21FN4OS2. The zero-order valence-corrected chi connectivity index (χ0v) is 17.5. The Morgan fingerprint density at radius 1 is 1.25 bits per heavy atom. The molecule has 0 aliphatic heterocycles. The number of thioether (sulfide) groups is 1. The Hall–Kier alpha value is -2.45. The molecule has 0 aliphatic rings. The monoisotopic (exact) mass is 416 g/mol. The second-order valence-corrected chi connectivity index (χ2v) is 8.59. The number of aromatic nitrogens is 2. The van der Waals surface area contributed by atoms with Gasteiger partial charge in [0.05, 0.1) is 11.8 Å². The number of aryl methyl sites for hydroxylation is 1. The smallest absolute Gasteiger partial charge is 0.233 e. The summed E-state index contributed by atoms with van der Waals surface area (Å²) in [4.78, 5) is 14.2. The third-order valence-corrected chi connectivity index (χ3v) is 6.28. The zero-order valence-electron chi connectivity index (χ0n) is 15.8. The highest BCUT2D eigenvalue weighted by molar-refractivity contribution is 8.01. The Morgan fingerprint density at radius 2 is 2.00 bits per heavy atom. The number of amides is 1. The van der Waals surface area contributed by atoms with E-state index in [1.807, 2.05) is 38.1 Å². The van der Waals surface area contributed by atoms with Gasteiger partial charge < -0.3 is 10.2 Å². The lowest BCUT2D eigenvalue weighted by molar-refractivity contribution is -0.128. The van der Waals surface area contributed by atoms with Crippen LogP contribution in [-0.4, -0.2) is 33.8 Å². The van der Waals surface area contributed by atoms with Crippen LogP contribution in [0.5, 0.6) is 0 Å². The van der Waals surface area contributed by atoms with Gasteiger partial charge in [-0.25, -0.2) is 4.39 Å². The molecule has 0 bridgehead atoms. The fourth-order valence-corrected chi connectivity index (χ4v) is 4.27. The number of hydrogen-bond donors (Lipinski definition) is 1. The molecule has 0 spiro atoms. The summed E-state index contributed by atoms with van der Waals surface area (Å²) in [5.74, 6) is -0.0433. The Balaban J connectivity index is 1.54. The van der Waals surface area contributed by atoms with Crippen molar-refractivity contribution >= 4 is 39.8 Å². The van der Waals surface area contributed by atoms with E-state index in [4.69, 9.17) is 0 Å². The number of rotatable bonds is 7. The molecule has 0 saturated carbocycles. The number of hydrogen-bond acceptors (Lipinski definition) is 6. The van der Waals surface area contributed by atoms with Gasteiger partial charge in [0, 0.05) is 12.7 Å². The number of carbonyl (C=O) groups excluding carboxylic acids is 1. The van der Waals surface area contributed by atoms with Gasteiger partial charge in [-0.15, -0.1) is 10.2 Å². The van der Waals surface area contributed by atoms with E-state index in [0.29, 0.717) is 5.13 Å². The standard InChI is InChI=1S/C20H21FN4OS2/c1-13-5-4-6-17(11-13)22-19-23-24-20(28-19)27-12-18(26)25(3)14(2)15-7-9-16(21)10-8-15/h4-11,14H,12H2,1-3H3,(H,22,23)/t14-/m0/s1. The maximum absolute atomic E-state index is 13.1. The quantitative estimate of drug-likeness (QED) is 0.547. The lowest BCUT2D eigenvalue weighted by Crippen LogP contribution is -2.31. The molecule has 0 saturated heterocycles. The van der Waals surface area contributed by atoms with Crippen molar-refractivity contribution in [3.63, 3.8) is 0 Å². The van der Waals surface area contributed by atoms with Crippen molar-refractivity contribution in [1.29, 1.82) is 0 Å². The van der Waals surface area contributed by atoms with Gasteiger partial charge in [-0.3, -0.25) is 4.79 Å². The fourth-order valence-electron chi connectivity index (χ4n) is 2.57. The Kier molecular flexibility index (Phi) is 6.64. The summed E-state index contributed by atoms with van der Waals surface area (Å²) in [6.07, 6.45) is 0. The van der Waals surface area contributed by atoms with Gasteiger partial charge in [-0.1, -0.05) is 47.4 Å². The summed E-state index contributed by atoms with van der Waals surface area (Å²) in [6.45, 7) is 3.95. The van der Waals surface area contributed by atoms with E-state index in [-0.39, 0.29) is 23.5 Å². The molecule has 0 radical (unpaired) electrons. The molecule has 1 aromatic heterocycles. The maximum atomic E-state index is 13.1. The lowest BCUT2D eigenvalue weighted by Gasteiger charge is -2.25. The number of nitrogens with one attached hydrogen (secondary N) is 1. The summed E-state index contributed by atoms with van der Waals surface area (Å²) in [5.41, 5.74) is 3.01. The highest BCUT2D eigenvalue weighted by Crippen LogP contribution is 2.29. The van der Waals surface area contributed by atoms with Crippen LogP contribution < -0.4 is 5.32 Å². The van der Waals surface area contributed by atoms with Gasteiger partial charge >= 0.3 is 0 Å². The van der Waals surface area contributed by atoms with Crippen LogP contribution in [0.25, 0.3) is 0 Å². The van der Waals surface area contributed by atoms with Crippen molar-refractivity contribution < 1.29 is 9.18 Å². The Morgan fingerprint density at radius 3 is 2.71 bits per heavy atom. The molecule has 0 fully saturated rings. The summed E-state index contributed by atoms with van der Waals surface area (Å²) in [5, 5.41) is 12.2. The average Bonchev–Trinajstić information content (AvgIpc) is 3.13. The van der Waals surface area contributed by atoms with Gasteiger partial charge in [0.1, 0.15) is 5.82 Å². The van der Waals surface area contributed by atoms with Crippen molar-refractivity contribution in [2.24, 2.45) is 0 Å². The highest BCUT2D eigenvalue weighted by atomic mass is 32.2. The molecule has 3 aromatic rings. The number of halogens is 1. The van der Waals surface area contributed by atoms with E-state index in [0.717, 1.165) is 21.2 Å². The molecule has 1 heterocycles. The summed E-state index contributed by atoms with van der Waals surface area (Å²) >= 11 is 2.77. The number of anilines is 2. The van der Waals surface area contributed by atoms with Crippen LogP contribution in [0.4, 0.5) is 15.2 Å². The fraction of sp³-hybridized carbons (Fsp3) is 0.250. The van der Waals surface area contributed by atoms with Crippen molar-refractivity contribution in [3.8, 4) is 0 Å². The highest BCUT2D eigenvalue weighted by Gasteiger charge is 2.18. The first-order valence-electron chi connectivity index (χ1n) is 8.73. The minimum absolute atomic E-state index is 0.0229. The molecule has 1 atom stereocenters. The molecule has 1 N–H and O–H groups in total. The van der Waals surface area contributed by atoms with E-state index in [1.165, 1.54) is 35.2 Å². The normalized spacial score (nSPS) is 11.9. The molecule has 5 nitrogen and oxygen atoms in total. The van der Waals surface area contributed by atoms with Crippen LogP contribution >= 0.6 is 23.1 Å². The van der Waals surface area contributed by atoms with Crippen LogP contribution in [0, 0.1) is 12.7 Å². The van der Waals surface area contributed by atoms with Crippen molar-refractivity contribution in [2.75, 3.05) is 18.1 Å². The molecule has 1 amide bonds. The molecule has 0 unspecified atom stereocenters. The van der Waals surface area contributed by atoms with E-state index in [1.54, 1.807) is 24.1 Å². The number of benzene rings is 2. The van der Waals surface area contributed by atoms with Gasteiger partial charge in [0.15, 0.2) is 4.34 Å². The molecule has 146 valence electrons. The second-order valence-electron chi connectivity index (χ2n) is 6.39. The van der Waals surface area contributed by atoms with Gasteiger partial charge in [0.2, 0.25) is 11.0 Å². The van der Waals surface area contributed by atoms with E-state index in [9.17, 15) is 9.18 Å². The average molecular weight is 417 g/mol. The zero-order chi connectivity index (χ0) is 20.1. The van der Waals surface area contributed by atoms with Crippen LogP contribution in [0.15, 0.2) is 52.9 Å². The first-order chi connectivity index (χ1) is 13.4. The largest absolute Gasteiger partial charge is 0.338 e.